The van der Waals surface area contributed by atoms with Crippen molar-refractivity contribution in [2.45, 2.75) is 32.7 Å². The van der Waals surface area contributed by atoms with Crippen LogP contribution >= 0.6 is 0 Å². The minimum atomic E-state index is -0.406. The van der Waals surface area contributed by atoms with Crippen molar-refractivity contribution in [2.75, 3.05) is 24.6 Å². The Morgan fingerprint density at radius 1 is 1.48 bits per heavy atom. The van der Waals surface area contributed by atoms with E-state index in [1.807, 2.05) is 6.92 Å². The zero-order valence-corrected chi connectivity index (χ0v) is 12.6. The van der Waals surface area contributed by atoms with Gasteiger partial charge in [-0.2, -0.15) is 0 Å². The molecule has 0 amide bonds. The van der Waals surface area contributed by atoms with E-state index in [-0.39, 0.29) is 5.69 Å². The number of benzene rings is 1. The Kier molecular flexibility index (Phi) is 5.01. The van der Waals surface area contributed by atoms with E-state index in [9.17, 15) is 10.1 Å². The van der Waals surface area contributed by atoms with Crippen molar-refractivity contribution in [3.63, 3.8) is 0 Å². The highest BCUT2D eigenvalue weighted by molar-refractivity contribution is 5.60. The molecule has 1 aromatic carbocycles. The molecule has 0 aliphatic carbocycles. The molecule has 0 aromatic heterocycles. The summed E-state index contributed by atoms with van der Waals surface area (Å²) in [6, 6.07) is 5.51. The Labute approximate surface area is 125 Å². The Morgan fingerprint density at radius 3 is 2.86 bits per heavy atom. The third-order valence-corrected chi connectivity index (χ3v) is 4.08. The smallest absolute Gasteiger partial charge is 0.311 e. The van der Waals surface area contributed by atoms with Crippen LogP contribution in [0.15, 0.2) is 18.2 Å². The van der Waals surface area contributed by atoms with Gasteiger partial charge in [-0.05, 0) is 45.2 Å². The fourth-order valence-electron chi connectivity index (χ4n) is 2.84. The summed E-state index contributed by atoms with van der Waals surface area (Å²) in [6.45, 7) is 5.97. The van der Waals surface area contributed by atoms with E-state index in [0.29, 0.717) is 30.9 Å². The molecule has 1 saturated heterocycles. The molecule has 1 aromatic rings. The summed E-state index contributed by atoms with van der Waals surface area (Å²) in [6.07, 6.45) is 2.22. The number of ether oxygens (including phenoxy) is 1. The predicted octanol–water partition coefficient (Wildman–Crippen LogP) is 2.56. The van der Waals surface area contributed by atoms with Gasteiger partial charge < -0.3 is 15.4 Å². The van der Waals surface area contributed by atoms with Crippen molar-refractivity contribution in [2.24, 2.45) is 11.7 Å². The van der Waals surface area contributed by atoms with Crippen LogP contribution in [0.2, 0.25) is 0 Å². The molecule has 1 fully saturated rings. The van der Waals surface area contributed by atoms with E-state index in [2.05, 4.69) is 11.8 Å². The average Bonchev–Trinajstić information content (AvgIpc) is 2.48. The minimum absolute atomic E-state index is 0.0145. The zero-order valence-electron chi connectivity index (χ0n) is 12.6. The first-order valence-corrected chi connectivity index (χ1v) is 7.44. The largest absolute Gasteiger partial charge is 0.487 e. The van der Waals surface area contributed by atoms with Crippen LogP contribution in [-0.2, 0) is 0 Å². The summed E-state index contributed by atoms with van der Waals surface area (Å²) in [7, 11) is 0. The molecule has 116 valence electrons. The van der Waals surface area contributed by atoms with Crippen LogP contribution in [0.3, 0.4) is 0 Å². The summed E-state index contributed by atoms with van der Waals surface area (Å²) in [5.41, 5.74) is 6.77. The van der Waals surface area contributed by atoms with Crippen molar-refractivity contribution in [3.8, 4) is 5.75 Å². The lowest BCUT2D eigenvalue weighted by Gasteiger charge is -2.39. The van der Waals surface area contributed by atoms with Crippen LogP contribution in [0.25, 0.3) is 0 Å². The molecule has 6 heteroatoms. The number of nitro groups is 1. The molecule has 0 radical (unpaired) electrons. The van der Waals surface area contributed by atoms with Gasteiger partial charge in [0.1, 0.15) is 0 Å². The van der Waals surface area contributed by atoms with Gasteiger partial charge in [-0.15, -0.1) is 0 Å². The minimum Gasteiger partial charge on any atom is -0.487 e. The molecule has 1 aliphatic heterocycles. The van der Waals surface area contributed by atoms with E-state index < -0.39 is 4.92 Å². The van der Waals surface area contributed by atoms with Crippen LogP contribution in [0.4, 0.5) is 11.4 Å². The lowest BCUT2D eigenvalue weighted by atomic mass is 9.93. The molecule has 0 saturated carbocycles. The van der Waals surface area contributed by atoms with Gasteiger partial charge >= 0.3 is 5.69 Å². The number of nitrogens with two attached hydrogens (primary N) is 1. The molecule has 2 atom stereocenters. The molecule has 1 aliphatic rings. The van der Waals surface area contributed by atoms with E-state index >= 15 is 0 Å². The molecule has 1 heterocycles. The number of anilines is 1. The first-order valence-electron chi connectivity index (χ1n) is 7.44. The van der Waals surface area contributed by atoms with E-state index in [0.717, 1.165) is 25.1 Å². The Bertz CT molecular complexity index is 507. The summed E-state index contributed by atoms with van der Waals surface area (Å²) in [5, 5.41) is 11.0. The van der Waals surface area contributed by atoms with Gasteiger partial charge in [0.2, 0.25) is 0 Å². The van der Waals surface area contributed by atoms with E-state index in [1.54, 1.807) is 12.1 Å². The number of piperidine rings is 1. The molecule has 2 unspecified atom stereocenters. The number of nitrogens with zero attached hydrogens (tertiary/aromatic N) is 2. The Hall–Kier alpha value is -1.82. The molecule has 0 spiro atoms. The Balaban J connectivity index is 2.30. The molecular weight excluding hydrogens is 270 g/mol. The van der Waals surface area contributed by atoms with E-state index in [1.165, 1.54) is 6.07 Å². The van der Waals surface area contributed by atoms with Crippen LogP contribution in [0.5, 0.6) is 5.75 Å². The summed E-state index contributed by atoms with van der Waals surface area (Å²) in [4.78, 5) is 12.9. The Morgan fingerprint density at radius 2 is 2.24 bits per heavy atom. The van der Waals surface area contributed by atoms with E-state index in [4.69, 9.17) is 10.5 Å². The maximum absolute atomic E-state index is 11.0. The second-order valence-corrected chi connectivity index (χ2v) is 5.52. The van der Waals surface area contributed by atoms with Gasteiger partial charge in [0.05, 0.1) is 11.5 Å². The predicted molar refractivity (Wildman–Crippen MR) is 82.9 cm³/mol. The fraction of sp³-hybridized carbons (Fsp3) is 0.600. The topological polar surface area (TPSA) is 81.6 Å². The van der Waals surface area contributed by atoms with Gasteiger partial charge in [0, 0.05) is 30.4 Å². The average molecular weight is 293 g/mol. The van der Waals surface area contributed by atoms with Crippen molar-refractivity contribution in [1.82, 2.24) is 0 Å². The van der Waals surface area contributed by atoms with Crippen molar-refractivity contribution in [3.05, 3.63) is 28.3 Å². The first-order chi connectivity index (χ1) is 10.1. The van der Waals surface area contributed by atoms with Crippen LogP contribution in [0, 0.1) is 16.0 Å². The van der Waals surface area contributed by atoms with Crippen LogP contribution < -0.4 is 15.4 Å². The second kappa shape index (κ2) is 6.76. The molecular formula is C15H23N3O3. The second-order valence-electron chi connectivity index (χ2n) is 5.52. The van der Waals surface area contributed by atoms with Gasteiger partial charge in [-0.25, -0.2) is 0 Å². The third-order valence-electron chi connectivity index (χ3n) is 4.08. The highest BCUT2D eigenvalue weighted by Crippen LogP contribution is 2.34. The molecule has 6 nitrogen and oxygen atoms in total. The standard InChI is InChI=1S/C15H23N3O3/c1-3-21-15-8-13(6-7-14(15)18(19)20)17-10-12(9-16)5-4-11(17)2/h6-8,11-12H,3-5,9-10,16H2,1-2H3. The molecule has 21 heavy (non-hydrogen) atoms. The number of rotatable bonds is 5. The summed E-state index contributed by atoms with van der Waals surface area (Å²) < 4.78 is 5.43. The molecule has 2 N–H and O–H groups in total. The van der Waals surface area contributed by atoms with Gasteiger partial charge in [-0.1, -0.05) is 0 Å². The molecule has 2 rings (SSSR count). The maximum Gasteiger partial charge on any atom is 0.311 e. The van der Waals surface area contributed by atoms with Gasteiger partial charge in [0.25, 0.3) is 0 Å². The van der Waals surface area contributed by atoms with Gasteiger partial charge in [-0.3, -0.25) is 10.1 Å². The summed E-state index contributed by atoms with van der Waals surface area (Å²) in [5.74, 6) is 0.814. The highest BCUT2D eigenvalue weighted by Gasteiger charge is 2.26. The highest BCUT2D eigenvalue weighted by atomic mass is 16.6. The monoisotopic (exact) mass is 293 g/mol. The number of hydrogen-bond acceptors (Lipinski definition) is 5. The fourth-order valence-corrected chi connectivity index (χ4v) is 2.84. The number of hydrogen-bond donors (Lipinski definition) is 1. The molecule has 0 bridgehead atoms. The number of nitro benzene ring substituents is 1. The normalized spacial score (nSPS) is 22.1. The lowest BCUT2D eigenvalue weighted by Crippen LogP contribution is -2.43. The van der Waals surface area contributed by atoms with Crippen LogP contribution in [-0.4, -0.2) is 30.7 Å². The van der Waals surface area contributed by atoms with Gasteiger partial charge in [0.15, 0.2) is 5.75 Å². The first kappa shape index (κ1) is 15.6. The zero-order chi connectivity index (χ0) is 15.4. The van der Waals surface area contributed by atoms with Crippen molar-refractivity contribution >= 4 is 11.4 Å². The van der Waals surface area contributed by atoms with Crippen LogP contribution in [0.1, 0.15) is 26.7 Å². The third kappa shape index (κ3) is 3.44. The quantitative estimate of drug-likeness (QED) is 0.666. The van der Waals surface area contributed by atoms with Crippen molar-refractivity contribution < 1.29 is 9.66 Å². The SMILES string of the molecule is CCOc1cc(N2CC(CN)CCC2C)ccc1[N+](=O)[O-]. The van der Waals surface area contributed by atoms with Crippen molar-refractivity contribution in [1.29, 1.82) is 0 Å². The summed E-state index contributed by atoms with van der Waals surface area (Å²) >= 11 is 0. The lowest BCUT2D eigenvalue weighted by molar-refractivity contribution is -0.385. The maximum atomic E-state index is 11.0.